The Hall–Kier alpha value is -1.31. The molecule has 1 amide bonds. The van der Waals surface area contributed by atoms with E-state index in [1.165, 1.54) is 5.56 Å². The fraction of sp³-hybridized carbons (Fsp3) is 0.333. The van der Waals surface area contributed by atoms with E-state index in [1.807, 2.05) is 25.2 Å². The van der Waals surface area contributed by atoms with Crippen LogP contribution in [0.5, 0.6) is 0 Å². The zero-order chi connectivity index (χ0) is 10.4. The Kier molecular flexibility index (Phi) is 4.17. The highest BCUT2D eigenvalue weighted by Crippen LogP contribution is 2.01. The van der Waals surface area contributed by atoms with E-state index in [0.717, 1.165) is 13.0 Å². The van der Waals surface area contributed by atoms with Crippen LogP contribution in [0.3, 0.4) is 0 Å². The van der Waals surface area contributed by atoms with Gasteiger partial charge in [-0.1, -0.05) is 30.3 Å². The van der Waals surface area contributed by atoms with Gasteiger partial charge in [-0.05, 0) is 18.9 Å². The molecule has 0 saturated heterocycles. The lowest BCUT2D eigenvalue weighted by Gasteiger charge is -2.15. The monoisotopic (exact) mass is 190 g/mol. The lowest BCUT2D eigenvalue weighted by Crippen LogP contribution is -2.27. The minimum absolute atomic E-state index is 0.0981. The lowest BCUT2D eigenvalue weighted by atomic mass is 10.1. The SMILES string of the molecule is [CH2]CC(=O)N(C)CCc1ccccc1. The average molecular weight is 190 g/mol. The number of rotatable bonds is 4. The van der Waals surface area contributed by atoms with Gasteiger partial charge < -0.3 is 4.90 Å². The standard InChI is InChI=1S/C12H16NO/c1-3-12(14)13(2)10-9-11-7-5-4-6-8-11/h4-8H,1,3,9-10H2,2H3. The van der Waals surface area contributed by atoms with E-state index in [9.17, 15) is 4.79 Å². The van der Waals surface area contributed by atoms with Crippen molar-refractivity contribution < 1.29 is 4.79 Å². The predicted octanol–water partition coefficient (Wildman–Crippen LogP) is 1.91. The van der Waals surface area contributed by atoms with Gasteiger partial charge in [-0.3, -0.25) is 4.79 Å². The number of hydrogen-bond acceptors (Lipinski definition) is 1. The normalized spacial score (nSPS) is 9.86. The van der Waals surface area contributed by atoms with Gasteiger partial charge in [0, 0.05) is 20.0 Å². The Labute approximate surface area is 85.5 Å². The second kappa shape index (κ2) is 5.43. The molecular weight excluding hydrogens is 174 g/mol. The fourth-order valence-electron chi connectivity index (χ4n) is 1.26. The number of hydrogen-bond donors (Lipinski definition) is 0. The molecule has 0 fully saturated rings. The van der Waals surface area contributed by atoms with Crippen molar-refractivity contribution >= 4 is 5.91 Å². The molecule has 0 aromatic heterocycles. The number of nitrogens with zero attached hydrogens (tertiary/aromatic N) is 1. The third-order valence-corrected chi connectivity index (χ3v) is 2.22. The van der Waals surface area contributed by atoms with Crippen molar-refractivity contribution in [3.63, 3.8) is 0 Å². The van der Waals surface area contributed by atoms with Gasteiger partial charge >= 0.3 is 0 Å². The molecule has 0 aliphatic heterocycles. The van der Waals surface area contributed by atoms with E-state index in [0.29, 0.717) is 6.42 Å². The smallest absolute Gasteiger partial charge is 0.222 e. The quantitative estimate of drug-likeness (QED) is 0.710. The van der Waals surface area contributed by atoms with Gasteiger partial charge in [0.15, 0.2) is 0 Å². The predicted molar refractivity (Wildman–Crippen MR) is 57.8 cm³/mol. The van der Waals surface area contributed by atoms with Crippen LogP contribution in [0.1, 0.15) is 12.0 Å². The Morgan fingerprint density at radius 3 is 2.57 bits per heavy atom. The third kappa shape index (κ3) is 3.21. The van der Waals surface area contributed by atoms with Crippen molar-refractivity contribution in [2.24, 2.45) is 0 Å². The summed E-state index contributed by atoms with van der Waals surface area (Å²) >= 11 is 0. The van der Waals surface area contributed by atoms with Gasteiger partial charge in [0.2, 0.25) is 5.91 Å². The first-order valence-corrected chi connectivity index (χ1v) is 4.81. The van der Waals surface area contributed by atoms with Crippen molar-refractivity contribution in [2.45, 2.75) is 12.8 Å². The number of benzene rings is 1. The number of amides is 1. The molecule has 0 atom stereocenters. The van der Waals surface area contributed by atoms with E-state index >= 15 is 0 Å². The summed E-state index contributed by atoms with van der Waals surface area (Å²) in [5, 5.41) is 0. The third-order valence-electron chi connectivity index (χ3n) is 2.22. The molecule has 75 valence electrons. The molecule has 0 aliphatic rings. The van der Waals surface area contributed by atoms with Crippen LogP contribution < -0.4 is 0 Å². The second-order valence-corrected chi connectivity index (χ2v) is 3.30. The van der Waals surface area contributed by atoms with Gasteiger partial charge in [0.1, 0.15) is 0 Å². The summed E-state index contributed by atoms with van der Waals surface area (Å²) in [6, 6.07) is 10.2. The molecule has 0 bridgehead atoms. The van der Waals surface area contributed by atoms with Crippen molar-refractivity contribution in [1.82, 2.24) is 4.90 Å². The van der Waals surface area contributed by atoms with E-state index in [2.05, 4.69) is 19.1 Å². The average Bonchev–Trinajstić information content (AvgIpc) is 2.26. The van der Waals surface area contributed by atoms with Crippen LogP contribution in [-0.4, -0.2) is 24.4 Å². The Bertz CT molecular complexity index is 282. The van der Waals surface area contributed by atoms with Crippen LogP contribution in [0.4, 0.5) is 0 Å². The molecule has 0 aliphatic carbocycles. The molecule has 1 aromatic rings. The maximum atomic E-state index is 11.2. The number of likely N-dealkylation sites (N-methyl/N-ethyl adjacent to an activating group) is 1. The molecule has 1 radical (unpaired) electrons. The first kappa shape index (κ1) is 10.8. The molecule has 0 unspecified atom stereocenters. The molecule has 1 rings (SSSR count). The molecule has 2 nitrogen and oxygen atoms in total. The zero-order valence-corrected chi connectivity index (χ0v) is 8.57. The van der Waals surface area contributed by atoms with Crippen LogP contribution in [0.2, 0.25) is 0 Å². The van der Waals surface area contributed by atoms with Gasteiger partial charge in [0.25, 0.3) is 0 Å². The van der Waals surface area contributed by atoms with E-state index in [4.69, 9.17) is 0 Å². The highest BCUT2D eigenvalue weighted by atomic mass is 16.2. The minimum Gasteiger partial charge on any atom is -0.345 e. The van der Waals surface area contributed by atoms with Crippen LogP contribution in [-0.2, 0) is 11.2 Å². The highest BCUT2D eigenvalue weighted by Gasteiger charge is 2.04. The first-order chi connectivity index (χ1) is 6.74. The van der Waals surface area contributed by atoms with E-state index in [-0.39, 0.29) is 5.91 Å². The molecule has 2 heteroatoms. The van der Waals surface area contributed by atoms with Crippen LogP contribution in [0.25, 0.3) is 0 Å². The molecule has 14 heavy (non-hydrogen) atoms. The molecule has 0 heterocycles. The highest BCUT2D eigenvalue weighted by molar-refractivity contribution is 5.76. The van der Waals surface area contributed by atoms with Gasteiger partial charge in [-0.2, -0.15) is 0 Å². The maximum Gasteiger partial charge on any atom is 0.222 e. The summed E-state index contributed by atoms with van der Waals surface area (Å²) in [7, 11) is 1.82. The number of carbonyl (C=O) groups excluding carboxylic acids is 1. The minimum atomic E-state index is 0.0981. The number of carbonyl (C=O) groups is 1. The largest absolute Gasteiger partial charge is 0.345 e. The van der Waals surface area contributed by atoms with Crippen LogP contribution >= 0.6 is 0 Å². The summed E-state index contributed by atoms with van der Waals surface area (Å²) in [5.41, 5.74) is 1.26. The summed E-state index contributed by atoms with van der Waals surface area (Å²) in [5.74, 6) is 0.0981. The molecule has 1 aromatic carbocycles. The molecule has 0 saturated carbocycles. The molecule has 0 N–H and O–H groups in total. The Balaban J connectivity index is 2.38. The van der Waals surface area contributed by atoms with Crippen molar-refractivity contribution in [2.75, 3.05) is 13.6 Å². The second-order valence-electron chi connectivity index (χ2n) is 3.30. The van der Waals surface area contributed by atoms with Crippen molar-refractivity contribution in [1.29, 1.82) is 0 Å². The summed E-state index contributed by atoms with van der Waals surface area (Å²) in [6.07, 6.45) is 1.24. The van der Waals surface area contributed by atoms with Crippen LogP contribution in [0.15, 0.2) is 30.3 Å². The van der Waals surface area contributed by atoms with Crippen LogP contribution in [0, 0.1) is 6.92 Å². The van der Waals surface area contributed by atoms with Crippen molar-refractivity contribution in [3.05, 3.63) is 42.8 Å². The molecule has 0 spiro atoms. The zero-order valence-electron chi connectivity index (χ0n) is 8.57. The van der Waals surface area contributed by atoms with Gasteiger partial charge in [0.05, 0.1) is 0 Å². The maximum absolute atomic E-state index is 11.2. The van der Waals surface area contributed by atoms with Gasteiger partial charge in [-0.25, -0.2) is 0 Å². The summed E-state index contributed by atoms with van der Waals surface area (Å²) < 4.78 is 0. The van der Waals surface area contributed by atoms with Gasteiger partial charge in [-0.15, -0.1) is 0 Å². The Morgan fingerprint density at radius 1 is 1.36 bits per heavy atom. The first-order valence-electron chi connectivity index (χ1n) is 4.81. The Morgan fingerprint density at radius 2 is 2.00 bits per heavy atom. The summed E-state index contributed by atoms with van der Waals surface area (Å²) in [6.45, 7) is 4.33. The van der Waals surface area contributed by atoms with Crippen molar-refractivity contribution in [3.8, 4) is 0 Å². The molecular formula is C12H16NO. The van der Waals surface area contributed by atoms with E-state index < -0.39 is 0 Å². The summed E-state index contributed by atoms with van der Waals surface area (Å²) in [4.78, 5) is 12.9. The topological polar surface area (TPSA) is 20.3 Å². The lowest BCUT2D eigenvalue weighted by molar-refractivity contribution is -0.129. The fourth-order valence-corrected chi connectivity index (χ4v) is 1.26. The van der Waals surface area contributed by atoms with E-state index in [1.54, 1.807) is 4.90 Å².